The van der Waals surface area contributed by atoms with Crippen molar-refractivity contribution in [3.8, 4) is 0 Å². The first kappa shape index (κ1) is 13.5. The normalized spacial score (nSPS) is 11.3. The zero-order chi connectivity index (χ0) is 12.9. The van der Waals surface area contributed by atoms with Gasteiger partial charge in [-0.25, -0.2) is 8.42 Å². The van der Waals surface area contributed by atoms with E-state index in [1.807, 2.05) is 0 Å². The minimum Gasteiger partial charge on any atom is -0.481 e. The van der Waals surface area contributed by atoms with E-state index >= 15 is 0 Å². The molecule has 0 saturated heterocycles. The zero-order valence-corrected chi connectivity index (χ0v) is 10.1. The Morgan fingerprint density at radius 3 is 2.35 bits per heavy atom. The number of hydrogen-bond acceptors (Lipinski definition) is 4. The lowest BCUT2D eigenvalue weighted by atomic mass is 10.2. The largest absolute Gasteiger partial charge is 0.481 e. The molecule has 0 heterocycles. The quantitative estimate of drug-likeness (QED) is 0.742. The van der Waals surface area contributed by atoms with Gasteiger partial charge in [0.2, 0.25) is 0 Å². The number of nitrogen functional groups attached to an aromatic ring is 1. The van der Waals surface area contributed by atoms with Crippen molar-refractivity contribution in [3.63, 3.8) is 0 Å². The van der Waals surface area contributed by atoms with E-state index in [1.54, 1.807) is 24.3 Å². The summed E-state index contributed by atoms with van der Waals surface area (Å²) in [6, 6.07) is 6.60. The number of sulfone groups is 1. The summed E-state index contributed by atoms with van der Waals surface area (Å²) in [6.45, 7) is 0. The molecule has 5 nitrogen and oxygen atoms in total. The first-order chi connectivity index (χ1) is 7.89. The number of aliphatic carboxylic acids is 1. The molecule has 0 radical (unpaired) electrons. The molecular formula is C11H15NO4S. The number of hydrogen-bond donors (Lipinski definition) is 2. The number of carbonyl (C=O) groups is 1. The van der Waals surface area contributed by atoms with Gasteiger partial charge in [0.15, 0.2) is 9.84 Å². The molecule has 6 heteroatoms. The molecule has 17 heavy (non-hydrogen) atoms. The molecule has 0 saturated carbocycles. The molecule has 0 amide bonds. The Labute approximate surface area is 100 Å². The van der Waals surface area contributed by atoms with E-state index in [0.717, 1.165) is 0 Å². The predicted octanol–water partition coefficient (Wildman–Crippen LogP) is 1.05. The maximum absolute atomic E-state index is 11.6. The molecule has 0 unspecified atom stereocenters. The van der Waals surface area contributed by atoms with Gasteiger partial charge in [0.05, 0.1) is 11.5 Å². The Bertz CT molecular complexity index is 479. The first-order valence-corrected chi connectivity index (χ1v) is 6.98. The van der Waals surface area contributed by atoms with Crippen LogP contribution in [0.5, 0.6) is 0 Å². The molecule has 0 aliphatic rings. The van der Waals surface area contributed by atoms with Crippen LogP contribution in [0.25, 0.3) is 0 Å². The van der Waals surface area contributed by atoms with Crippen LogP contribution in [0.1, 0.15) is 18.4 Å². The van der Waals surface area contributed by atoms with Gasteiger partial charge < -0.3 is 10.8 Å². The van der Waals surface area contributed by atoms with Crippen molar-refractivity contribution < 1.29 is 18.3 Å². The van der Waals surface area contributed by atoms with Crippen LogP contribution in [0.2, 0.25) is 0 Å². The summed E-state index contributed by atoms with van der Waals surface area (Å²) in [5.74, 6) is -1.16. The van der Waals surface area contributed by atoms with Gasteiger partial charge in [0.1, 0.15) is 0 Å². The van der Waals surface area contributed by atoms with E-state index in [-0.39, 0.29) is 24.3 Å². The van der Waals surface area contributed by atoms with Gasteiger partial charge >= 0.3 is 5.97 Å². The second-order valence-corrected chi connectivity index (χ2v) is 6.01. The lowest BCUT2D eigenvalue weighted by Gasteiger charge is -2.04. The molecule has 94 valence electrons. The Morgan fingerprint density at radius 2 is 1.82 bits per heavy atom. The van der Waals surface area contributed by atoms with E-state index < -0.39 is 15.8 Å². The summed E-state index contributed by atoms with van der Waals surface area (Å²) in [4.78, 5) is 10.3. The van der Waals surface area contributed by atoms with Crippen LogP contribution in [0, 0.1) is 0 Å². The number of carboxylic acids is 1. The van der Waals surface area contributed by atoms with Gasteiger partial charge in [0.25, 0.3) is 0 Å². The summed E-state index contributed by atoms with van der Waals surface area (Å²) in [6.07, 6.45) is 0.0214. The van der Waals surface area contributed by atoms with Crippen molar-refractivity contribution in [1.82, 2.24) is 0 Å². The van der Waals surface area contributed by atoms with E-state index in [1.165, 1.54) is 0 Å². The van der Waals surface area contributed by atoms with Gasteiger partial charge in [-0.15, -0.1) is 0 Å². The summed E-state index contributed by atoms with van der Waals surface area (Å²) in [5.41, 5.74) is 6.73. The van der Waals surface area contributed by atoms with Crippen molar-refractivity contribution in [2.75, 3.05) is 11.5 Å². The third-order valence-corrected chi connectivity index (χ3v) is 3.90. The molecule has 1 aromatic rings. The van der Waals surface area contributed by atoms with Crippen molar-refractivity contribution in [2.24, 2.45) is 0 Å². The van der Waals surface area contributed by atoms with Gasteiger partial charge in [0, 0.05) is 12.1 Å². The number of benzene rings is 1. The molecule has 1 rings (SSSR count). The Hall–Kier alpha value is -1.56. The van der Waals surface area contributed by atoms with E-state index in [2.05, 4.69) is 0 Å². The lowest BCUT2D eigenvalue weighted by molar-refractivity contribution is -0.137. The maximum Gasteiger partial charge on any atom is 0.303 e. The van der Waals surface area contributed by atoms with Gasteiger partial charge in [-0.3, -0.25) is 4.79 Å². The van der Waals surface area contributed by atoms with E-state index in [4.69, 9.17) is 10.8 Å². The van der Waals surface area contributed by atoms with Crippen LogP contribution >= 0.6 is 0 Å². The molecule has 0 aliphatic carbocycles. The topological polar surface area (TPSA) is 97.5 Å². The maximum atomic E-state index is 11.6. The van der Waals surface area contributed by atoms with E-state index in [0.29, 0.717) is 11.3 Å². The Balaban J connectivity index is 2.54. The van der Waals surface area contributed by atoms with Gasteiger partial charge in [-0.1, -0.05) is 12.1 Å². The molecule has 0 atom stereocenters. The molecule has 0 fully saturated rings. The third-order valence-electron chi connectivity index (χ3n) is 2.21. The second-order valence-electron chi connectivity index (χ2n) is 3.83. The summed E-state index contributed by atoms with van der Waals surface area (Å²) in [7, 11) is -3.25. The number of nitrogens with two attached hydrogens (primary N) is 1. The fourth-order valence-electron chi connectivity index (χ4n) is 1.38. The highest BCUT2D eigenvalue weighted by atomic mass is 32.2. The van der Waals surface area contributed by atoms with Crippen LogP contribution < -0.4 is 5.73 Å². The molecule has 3 N–H and O–H groups in total. The number of carboxylic acid groups (broad SMARTS) is 1. The standard InChI is InChI=1S/C11H15NO4S/c12-10-5-3-9(4-6-10)8-17(15,16)7-1-2-11(13)14/h3-6H,1-2,7-8,12H2,(H,13,14). The highest BCUT2D eigenvalue weighted by molar-refractivity contribution is 7.90. The number of anilines is 1. The Morgan fingerprint density at radius 1 is 1.24 bits per heavy atom. The first-order valence-electron chi connectivity index (χ1n) is 5.16. The van der Waals surface area contributed by atoms with Crippen LogP contribution in [0.3, 0.4) is 0 Å². The van der Waals surface area contributed by atoms with Crippen LogP contribution in [0.15, 0.2) is 24.3 Å². The Kier molecular flexibility index (Phi) is 4.51. The minimum atomic E-state index is -3.25. The molecule has 0 spiro atoms. The van der Waals surface area contributed by atoms with Gasteiger partial charge in [-0.2, -0.15) is 0 Å². The fraction of sp³-hybridized carbons (Fsp3) is 0.364. The third kappa shape index (κ3) is 5.35. The van der Waals surface area contributed by atoms with E-state index in [9.17, 15) is 13.2 Å². The van der Waals surface area contributed by atoms with Crippen molar-refractivity contribution >= 4 is 21.5 Å². The molecule has 0 aliphatic heterocycles. The minimum absolute atomic E-state index is 0.0765. The molecule has 1 aromatic carbocycles. The monoisotopic (exact) mass is 257 g/mol. The van der Waals surface area contributed by atoms with Crippen molar-refractivity contribution in [2.45, 2.75) is 18.6 Å². The fourth-order valence-corrected chi connectivity index (χ4v) is 2.81. The van der Waals surface area contributed by atoms with Gasteiger partial charge in [-0.05, 0) is 24.1 Å². The molecular weight excluding hydrogens is 242 g/mol. The SMILES string of the molecule is Nc1ccc(CS(=O)(=O)CCCC(=O)O)cc1. The van der Waals surface area contributed by atoms with Crippen LogP contribution in [0.4, 0.5) is 5.69 Å². The molecule has 0 bridgehead atoms. The molecule has 0 aromatic heterocycles. The summed E-state index contributed by atoms with van der Waals surface area (Å²) >= 11 is 0. The van der Waals surface area contributed by atoms with Crippen molar-refractivity contribution in [3.05, 3.63) is 29.8 Å². The lowest BCUT2D eigenvalue weighted by Crippen LogP contribution is -2.10. The second kappa shape index (κ2) is 5.67. The smallest absolute Gasteiger partial charge is 0.303 e. The van der Waals surface area contributed by atoms with Crippen LogP contribution in [-0.2, 0) is 20.4 Å². The summed E-state index contributed by atoms with van der Waals surface area (Å²) < 4.78 is 23.3. The predicted molar refractivity (Wildman–Crippen MR) is 65.2 cm³/mol. The average Bonchev–Trinajstić information content (AvgIpc) is 2.20. The zero-order valence-electron chi connectivity index (χ0n) is 9.30. The highest BCUT2D eigenvalue weighted by Gasteiger charge is 2.12. The van der Waals surface area contributed by atoms with Crippen LogP contribution in [-0.4, -0.2) is 25.2 Å². The summed E-state index contributed by atoms with van der Waals surface area (Å²) in [5, 5.41) is 8.42. The average molecular weight is 257 g/mol. The highest BCUT2D eigenvalue weighted by Crippen LogP contribution is 2.11. The number of rotatable bonds is 6. The van der Waals surface area contributed by atoms with Crippen molar-refractivity contribution in [1.29, 1.82) is 0 Å².